The first-order valence-electron chi connectivity index (χ1n) is 8.14. The number of benzene rings is 1. The van der Waals surface area contributed by atoms with Crippen LogP contribution in [0.4, 0.5) is 14.5 Å². The van der Waals surface area contributed by atoms with Crippen LogP contribution in [0.15, 0.2) is 41.0 Å². The van der Waals surface area contributed by atoms with Crippen LogP contribution in [0.5, 0.6) is 0 Å². The van der Waals surface area contributed by atoms with Gasteiger partial charge in [-0.05, 0) is 24.3 Å². The second-order valence-corrected chi connectivity index (χ2v) is 6.04. The Labute approximate surface area is 152 Å². The van der Waals surface area contributed by atoms with Gasteiger partial charge in [-0.15, -0.1) is 0 Å². The van der Waals surface area contributed by atoms with E-state index in [1.165, 1.54) is 17.2 Å². The van der Waals surface area contributed by atoms with Crippen molar-refractivity contribution in [1.82, 2.24) is 4.90 Å². The molecule has 1 aliphatic heterocycles. The molecule has 0 saturated carbocycles. The van der Waals surface area contributed by atoms with E-state index in [1.54, 1.807) is 12.1 Å². The fraction of sp³-hybridized carbons (Fsp3) is 0.278. The molecule has 0 unspecified atom stereocenters. The molecule has 0 spiro atoms. The highest BCUT2D eigenvalue weighted by molar-refractivity contribution is 5.93. The molecule has 0 aliphatic carbocycles. The highest BCUT2D eigenvalue weighted by Gasteiger charge is 2.35. The molecule has 1 aromatic carbocycles. The first kappa shape index (κ1) is 18.6. The average molecular weight is 378 g/mol. The molecule has 27 heavy (non-hydrogen) atoms. The van der Waals surface area contributed by atoms with E-state index in [-0.39, 0.29) is 31.1 Å². The van der Waals surface area contributed by atoms with Crippen molar-refractivity contribution < 1.29 is 32.3 Å². The van der Waals surface area contributed by atoms with Crippen LogP contribution in [0, 0.1) is 17.6 Å². The molecule has 142 valence electrons. The van der Waals surface area contributed by atoms with Gasteiger partial charge in [-0.3, -0.25) is 14.4 Å². The van der Waals surface area contributed by atoms with Gasteiger partial charge in [0.05, 0.1) is 18.7 Å². The molecule has 1 aliphatic rings. The number of carbonyl (C=O) groups is 3. The number of anilines is 1. The van der Waals surface area contributed by atoms with Crippen LogP contribution in [0.1, 0.15) is 12.2 Å². The van der Waals surface area contributed by atoms with Crippen molar-refractivity contribution in [3.05, 3.63) is 54.0 Å². The number of likely N-dealkylation sites (tertiary alicyclic amines) is 1. The molecule has 2 amide bonds. The van der Waals surface area contributed by atoms with E-state index in [9.17, 15) is 23.2 Å². The lowest BCUT2D eigenvalue weighted by Crippen LogP contribution is -2.28. The maximum atomic E-state index is 13.1. The number of furan rings is 1. The van der Waals surface area contributed by atoms with Crippen molar-refractivity contribution in [2.45, 2.75) is 13.0 Å². The third-order valence-electron chi connectivity index (χ3n) is 4.02. The van der Waals surface area contributed by atoms with Gasteiger partial charge in [0.1, 0.15) is 5.76 Å². The molecule has 0 radical (unpaired) electrons. The van der Waals surface area contributed by atoms with Gasteiger partial charge in [0, 0.05) is 24.7 Å². The van der Waals surface area contributed by atoms with Crippen LogP contribution in [-0.4, -0.2) is 35.8 Å². The first-order chi connectivity index (χ1) is 12.9. The zero-order valence-electron chi connectivity index (χ0n) is 14.1. The molecule has 2 aromatic rings. The minimum Gasteiger partial charge on any atom is -0.467 e. The number of halogens is 2. The predicted octanol–water partition coefficient (Wildman–Crippen LogP) is 2.09. The van der Waals surface area contributed by atoms with Crippen LogP contribution in [-0.2, 0) is 25.7 Å². The van der Waals surface area contributed by atoms with Crippen molar-refractivity contribution in [3.8, 4) is 0 Å². The molecule has 2 heterocycles. The highest BCUT2D eigenvalue weighted by Crippen LogP contribution is 2.21. The fourth-order valence-electron chi connectivity index (χ4n) is 2.70. The Bertz CT molecular complexity index is 853. The van der Waals surface area contributed by atoms with Gasteiger partial charge in [0.2, 0.25) is 5.91 Å². The SMILES string of the molecule is O=C(COC(=O)[C@H]1CC(=O)N(Cc2ccco2)C1)Nc1ccc(F)c(F)c1. The molecule has 9 heteroatoms. The lowest BCUT2D eigenvalue weighted by Gasteiger charge is -2.14. The van der Waals surface area contributed by atoms with E-state index in [2.05, 4.69) is 5.32 Å². The Hall–Kier alpha value is -3.23. The first-order valence-corrected chi connectivity index (χ1v) is 8.14. The van der Waals surface area contributed by atoms with E-state index < -0.39 is 36.0 Å². The van der Waals surface area contributed by atoms with Gasteiger partial charge >= 0.3 is 5.97 Å². The second kappa shape index (κ2) is 7.98. The van der Waals surface area contributed by atoms with Crippen LogP contribution in [0.25, 0.3) is 0 Å². The largest absolute Gasteiger partial charge is 0.467 e. The van der Waals surface area contributed by atoms with E-state index >= 15 is 0 Å². The summed E-state index contributed by atoms with van der Waals surface area (Å²) in [5, 5.41) is 2.29. The summed E-state index contributed by atoms with van der Waals surface area (Å²) in [6, 6.07) is 6.29. The molecule has 1 saturated heterocycles. The number of carbonyl (C=O) groups excluding carboxylic acids is 3. The highest BCUT2D eigenvalue weighted by atomic mass is 19.2. The van der Waals surface area contributed by atoms with Crippen LogP contribution < -0.4 is 5.32 Å². The van der Waals surface area contributed by atoms with E-state index in [4.69, 9.17) is 9.15 Å². The summed E-state index contributed by atoms with van der Waals surface area (Å²) in [4.78, 5) is 37.3. The fourth-order valence-corrected chi connectivity index (χ4v) is 2.70. The molecule has 0 bridgehead atoms. The van der Waals surface area contributed by atoms with Gasteiger partial charge in [-0.1, -0.05) is 0 Å². The van der Waals surface area contributed by atoms with Gasteiger partial charge in [0.15, 0.2) is 18.2 Å². The van der Waals surface area contributed by atoms with Gasteiger partial charge in [-0.2, -0.15) is 0 Å². The van der Waals surface area contributed by atoms with Crippen LogP contribution in [0.3, 0.4) is 0 Å². The van der Waals surface area contributed by atoms with Crippen LogP contribution in [0.2, 0.25) is 0 Å². The normalized spacial score (nSPS) is 16.4. The van der Waals surface area contributed by atoms with Gasteiger partial charge < -0.3 is 19.4 Å². The number of rotatable bonds is 6. The Kier molecular flexibility index (Phi) is 5.49. The average Bonchev–Trinajstić information content (AvgIpc) is 3.27. The van der Waals surface area contributed by atoms with E-state index in [1.807, 2.05) is 0 Å². The standard InChI is InChI=1S/C18H16F2N2O5/c19-14-4-3-12(7-15(14)20)21-16(23)10-27-18(25)11-6-17(24)22(8-11)9-13-2-1-5-26-13/h1-5,7,11H,6,8-10H2,(H,21,23)/t11-/m0/s1. The molecular weight excluding hydrogens is 362 g/mol. The molecule has 1 N–H and O–H groups in total. The summed E-state index contributed by atoms with van der Waals surface area (Å²) >= 11 is 0. The summed E-state index contributed by atoms with van der Waals surface area (Å²) in [7, 11) is 0. The molecule has 1 aromatic heterocycles. The minimum atomic E-state index is -1.11. The number of nitrogens with one attached hydrogen (secondary N) is 1. The molecule has 3 rings (SSSR count). The quantitative estimate of drug-likeness (QED) is 0.778. The maximum Gasteiger partial charge on any atom is 0.311 e. The van der Waals surface area contributed by atoms with Crippen molar-refractivity contribution in [1.29, 1.82) is 0 Å². The zero-order valence-corrected chi connectivity index (χ0v) is 14.1. The zero-order chi connectivity index (χ0) is 19.4. The molecule has 7 nitrogen and oxygen atoms in total. The Morgan fingerprint density at radius 3 is 2.78 bits per heavy atom. The van der Waals surface area contributed by atoms with Crippen molar-refractivity contribution in [2.75, 3.05) is 18.5 Å². The summed E-state index contributed by atoms with van der Waals surface area (Å²) in [5.41, 5.74) is 0.0376. The summed E-state index contributed by atoms with van der Waals surface area (Å²) in [6.07, 6.45) is 1.48. The smallest absolute Gasteiger partial charge is 0.311 e. The van der Waals surface area contributed by atoms with E-state index in [0.717, 1.165) is 12.1 Å². The van der Waals surface area contributed by atoms with Crippen molar-refractivity contribution in [2.24, 2.45) is 5.92 Å². The Balaban J connectivity index is 1.46. The van der Waals surface area contributed by atoms with Crippen molar-refractivity contribution >= 4 is 23.5 Å². The summed E-state index contributed by atoms with van der Waals surface area (Å²) in [6.45, 7) is -0.171. The second-order valence-electron chi connectivity index (χ2n) is 6.04. The van der Waals surface area contributed by atoms with Crippen molar-refractivity contribution in [3.63, 3.8) is 0 Å². The number of amides is 2. The van der Waals surface area contributed by atoms with Gasteiger partial charge in [0.25, 0.3) is 5.91 Å². The summed E-state index contributed by atoms with van der Waals surface area (Å²) in [5.74, 6) is -3.81. The Morgan fingerprint density at radius 2 is 2.07 bits per heavy atom. The predicted molar refractivity (Wildman–Crippen MR) is 88.2 cm³/mol. The van der Waals surface area contributed by atoms with Crippen LogP contribution >= 0.6 is 0 Å². The minimum absolute atomic E-state index is 0.00959. The third-order valence-corrected chi connectivity index (χ3v) is 4.02. The van der Waals surface area contributed by atoms with Gasteiger partial charge in [-0.25, -0.2) is 8.78 Å². The molecule has 1 atom stereocenters. The lowest BCUT2D eigenvalue weighted by atomic mass is 10.1. The van der Waals surface area contributed by atoms with E-state index in [0.29, 0.717) is 5.76 Å². The third kappa shape index (κ3) is 4.69. The summed E-state index contributed by atoms with van der Waals surface area (Å²) < 4.78 is 36.1. The Morgan fingerprint density at radius 1 is 1.26 bits per heavy atom. The topological polar surface area (TPSA) is 88.9 Å². The molecule has 1 fully saturated rings. The lowest BCUT2D eigenvalue weighted by molar-refractivity contribution is -0.151. The number of ether oxygens (including phenoxy) is 1. The maximum absolute atomic E-state index is 13.1. The molecular formula is C18H16F2N2O5. The number of hydrogen-bond donors (Lipinski definition) is 1. The number of hydrogen-bond acceptors (Lipinski definition) is 5. The monoisotopic (exact) mass is 378 g/mol. The number of nitrogens with zero attached hydrogens (tertiary/aromatic N) is 1. The number of esters is 1.